The maximum Gasteiger partial charge on any atom is 0.266 e. The number of unbranched alkanes of at least 4 members (excludes halogenated alkanes) is 2. The number of ether oxygens (including phenoxy) is 1. The van der Waals surface area contributed by atoms with E-state index in [9.17, 15) is 4.79 Å². The number of methoxy groups -OCH3 is 1. The van der Waals surface area contributed by atoms with Gasteiger partial charge in [-0.05, 0) is 48.4 Å². The standard InChI is InChI=1S/C19H26N2O2S/c1-4-6-12-20-19-21(13-7-5-2)18(22)17(24-19)14-15-8-10-16(23-3)11-9-15/h8-11,14H,4-7,12-13H2,1-3H3/b17-14-,20-19?. The molecule has 0 radical (unpaired) electrons. The van der Waals surface area contributed by atoms with Gasteiger partial charge in [-0.1, -0.05) is 38.8 Å². The largest absolute Gasteiger partial charge is 0.497 e. The number of carbonyl (C=O) groups is 1. The second kappa shape index (κ2) is 9.52. The zero-order valence-corrected chi connectivity index (χ0v) is 15.6. The number of thioether (sulfide) groups is 1. The molecule has 1 saturated heterocycles. The number of nitrogens with zero attached hydrogens (tertiary/aromatic N) is 2. The Kier molecular flexibility index (Phi) is 7.37. The summed E-state index contributed by atoms with van der Waals surface area (Å²) in [4.78, 5) is 19.9. The number of aliphatic imine (C=N–C) groups is 1. The minimum atomic E-state index is 0.0690. The Balaban J connectivity index is 2.18. The molecule has 0 saturated carbocycles. The van der Waals surface area contributed by atoms with Crippen molar-refractivity contribution in [2.45, 2.75) is 39.5 Å². The van der Waals surface area contributed by atoms with Gasteiger partial charge in [-0.15, -0.1) is 0 Å². The Labute approximate surface area is 149 Å². The molecule has 0 atom stereocenters. The van der Waals surface area contributed by atoms with Crippen molar-refractivity contribution in [3.63, 3.8) is 0 Å². The van der Waals surface area contributed by atoms with Crippen LogP contribution in [0.2, 0.25) is 0 Å². The van der Waals surface area contributed by atoms with Crippen molar-refractivity contribution in [3.8, 4) is 5.75 Å². The number of rotatable bonds is 8. The van der Waals surface area contributed by atoms with E-state index in [1.165, 1.54) is 11.8 Å². The third-order valence-corrected chi connectivity index (χ3v) is 4.84. The number of hydrogen-bond acceptors (Lipinski definition) is 4. The van der Waals surface area contributed by atoms with Gasteiger partial charge in [0.05, 0.1) is 12.0 Å². The maximum absolute atomic E-state index is 12.7. The predicted octanol–water partition coefficient (Wildman–Crippen LogP) is 4.57. The molecule has 0 aliphatic carbocycles. The molecule has 1 aromatic carbocycles. The van der Waals surface area contributed by atoms with Crippen LogP contribution in [0.25, 0.3) is 6.08 Å². The normalized spacial score (nSPS) is 18.0. The molecule has 1 fully saturated rings. The molecule has 1 aromatic rings. The third kappa shape index (κ3) is 4.87. The summed E-state index contributed by atoms with van der Waals surface area (Å²) in [6, 6.07) is 7.73. The van der Waals surface area contributed by atoms with Crippen LogP contribution in [-0.2, 0) is 4.79 Å². The average Bonchev–Trinajstić information content (AvgIpc) is 2.89. The Morgan fingerprint density at radius 1 is 1.17 bits per heavy atom. The summed E-state index contributed by atoms with van der Waals surface area (Å²) in [5, 5.41) is 0.849. The van der Waals surface area contributed by atoms with Gasteiger partial charge in [-0.25, -0.2) is 0 Å². The van der Waals surface area contributed by atoms with Crippen molar-refractivity contribution in [2.75, 3.05) is 20.2 Å². The van der Waals surface area contributed by atoms with Crippen molar-refractivity contribution in [2.24, 2.45) is 4.99 Å². The lowest BCUT2D eigenvalue weighted by molar-refractivity contribution is -0.122. The summed E-state index contributed by atoms with van der Waals surface area (Å²) in [6.45, 7) is 5.81. The van der Waals surface area contributed by atoms with Crippen molar-refractivity contribution in [1.82, 2.24) is 4.90 Å². The van der Waals surface area contributed by atoms with Gasteiger partial charge in [-0.2, -0.15) is 0 Å². The first-order valence-corrected chi connectivity index (χ1v) is 9.41. The molecule has 0 aromatic heterocycles. The highest BCUT2D eigenvalue weighted by atomic mass is 32.2. The topological polar surface area (TPSA) is 41.9 Å². The van der Waals surface area contributed by atoms with Gasteiger partial charge in [-0.3, -0.25) is 14.7 Å². The minimum Gasteiger partial charge on any atom is -0.497 e. The van der Waals surface area contributed by atoms with E-state index in [0.29, 0.717) is 0 Å². The number of amidine groups is 1. The lowest BCUT2D eigenvalue weighted by Gasteiger charge is -2.14. The quantitative estimate of drug-likeness (QED) is 0.511. The van der Waals surface area contributed by atoms with Gasteiger partial charge in [0.2, 0.25) is 0 Å². The molecule has 0 unspecified atom stereocenters. The van der Waals surface area contributed by atoms with Crippen LogP contribution in [0.3, 0.4) is 0 Å². The van der Waals surface area contributed by atoms with Crippen molar-refractivity contribution in [1.29, 1.82) is 0 Å². The van der Waals surface area contributed by atoms with E-state index in [1.54, 1.807) is 7.11 Å². The summed E-state index contributed by atoms with van der Waals surface area (Å²) in [7, 11) is 1.65. The van der Waals surface area contributed by atoms with E-state index in [-0.39, 0.29) is 5.91 Å². The van der Waals surface area contributed by atoms with Crippen LogP contribution >= 0.6 is 11.8 Å². The second-order valence-electron chi connectivity index (χ2n) is 5.71. The first kappa shape index (κ1) is 18.6. The van der Waals surface area contributed by atoms with E-state index in [0.717, 1.165) is 60.2 Å². The van der Waals surface area contributed by atoms with E-state index < -0.39 is 0 Å². The molecular formula is C19H26N2O2S. The van der Waals surface area contributed by atoms with Gasteiger partial charge >= 0.3 is 0 Å². The summed E-state index contributed by atoms with van der Waals surface area (Å²) < 4.78 is 5.17. The molecule has 2 rings (SSSR count). The molecule has 1 heterocycles. The Hall–Kier alpha value is -1.75. The summed E-state index contributed by atoms with van der Waals surface area (Å²) in [5.41, 5.74) is 0.997. The molecule has 1 amide bonds. The highest BCUT2D eigenvalue weighted by molar-refractivity contribution is 8.18. The van der Waals surface area contributed by atoms with E-state index in [2.05, 4.69) is 18.8 Å². The van der Waals surface area contributed by atoms with Crippen LogP contribution in [0.5, 0.6) is 5.75 Å². The SMILES string of the molecule is CCCCN=C1S/C(=C\c2ccc(OC)cc2)C(=O)N1CCCC. The van der Waals surface area contributed by atoms with Crippen LogP contribution < -0.4 is 4.74 Å². The highest BCUT2D eigenvalue weighted by Gasteiger charge is 2.32. The minimum absolute atomic E-state index is 0.0690. The zero-order valence-electron chi connectivity index (χ0n) is 14.7. The summed E-state index contributed by atoms with van der Waals surface area (Å²) >= 11 is 1.49. The smallest absolute Gasteiger partial charge is 0.266 e. The van der Waals surface area contributed by atoms with Gasteiger partial charge in [0.1, 0.15) is 5.75 Å². The summed E-state index contributed by atoms with van der Waals surface area (Å²) in [5.74, 6) is 0.883. The van der Waals surface area contributed by atoms with Crippen molar-refractivity contribution >= 4 is 28.9 Å². The molecule has 5 heteroatoms. The molecule has 4 nitrogen and oxygen atoms in total. The molecule has 130 valence electrons. The van der Waals surface area contributed by atoms with Crippen LogP contribution in [0.15, 0.2) is 34.2 Å². The van der Waals surface area contributed by atoms with Gasteiger partial charge in [0.15, 0.2) is 5.17 Å². The van der Waals surface area contributed by atoms with Gasteiger partial charge < -0.3 is 4.74 Å². The molecule has 0 spiro atoms. The van der Waals surface area contributed by atoms with Crippen LogP contribution in [0.4, 0.5) is 0 Å². The summed E-state index contributed by atoms with van der Waals surface area (Å²) in [6.07, 6.45) is 6.16. The highest BCUT2D eigenvalue weighted by Crippen LogP contribution is 2.33. The average molecular weight is 346 g/mol. The Morgan fingerprint density at radius 2 is 1.88 bits per heavy atom. The van der Waals surface area contributed by atoms with Crippen molar-refractivity contribution < 1.29 is 9.53 Å². The van der Waals surface area contributed by atoms with E-state index >= 15 is 0 Å². The fourth-order valence-corrected chi connectivity index (χ4v) is 3.35. The van der Waals surface area contributed by atoms with Gasteiger partial charge in [0, 0.05) is 13.1 Å². The van der Waals surface area contributed by atoms with Crippen LogP contribution in [0, 0.1) is 0 Å². The lowest BCUT2D eigenvalue weighted by Crippen LogP contribution is -2.30. The fraction of sp³-hybridized carbons (Fsp3) is 0.474. The lowest BCUT2D eigenvalue weighted by atomic mass is 10.2. The first-order valence-electron chi connectivity index (χ1n) is 8.59. The number of benzene rings is 1. The maximum atomic E-state index is 12.7. The Morgan fingerprint density at radius 3 is 2.50 bits per heavy atom. The van der Waals surface area contributed by atoms with Gasteiger partial charge in [0.25, 0.3) is 5.91 Å². The third-order valence-electron chi connectivity index (χ3n) is 3.80. The molecule has 1 aliphatic rings. The second-order valence-corrected chi connectivity index (χ2v) is 6.72. The van der Waals surface area contributed by atoms with Crippen LogP contribution in [-0.4, -0.2) is 36.2 Å². The van der Waals surface area contributed by atoms with Crippen molar-refractivity contribution in [3.05, 3.63) is 34.7 Å². The number of carbonyl (C=O) groups excluding carboxylic acids is 1. The molecule has 24 heavy (non-hydrogen) atoms. The number of amides is 1. The fourth-order valence-electron chi connectivity index (χ4n) is 2.32. The number of hydrogen-bond donors (Lipinski definition) is 0. The first-order chi connectivity index (χ1) is 11.7. The Bertz CT molecular complexity index is 608. The molecular weight excluding hydrogens is 320 g/mol. The zero-order chi connectivity index (χ0) is 17.4. The molecule has 0 N–H and O–H groups in total. The monoisotopic (exact) mass is 346 g/mol. The molecule has 0 bridgehead atoms. The van der Waals surface area contributed by atoms with E-state index in [1.807, 2.05) is 35.2 Å². The predicted molar refractivity (Wildman–Crippen MR) is 102 cm³/mol. The van der Waals surface area contributed by atoms with E-state index in [4.69, 9.17) is 4.74 Å². The molecule has 1 aliphatic heterocycles. The van der Waals surface area contributed by atoms with Crippen LogP contribution in [0.1, 0.15) is 45.1 Å².